The highest BCUT2D eigenvalue weighted by Crippen LogP contribution is 2.21. The molecule has 0 aromatic heterocycles. The molecule has 1 aliphatic carbocycles. The van der Waals surface area contributed by atoms with E-state index in [1.807, 2.05) is 6.92 Å². The molecule has 0 unspecified atom stereocenters. The lowest BCUT2D eigenvalue weighted by atomic mass is 10.0. The van der Waals surface area contributed by atoms with E-state index in [2.05, 4.69) is 0 Å². The van der Waals surface area contributed by atoms with E-state index in [0.29, 0.717) is 6.42 Å². The largest absolute Gasteiger partial charge is 0.481 e. The Morgan fingerprint density at radius 3 is 2.11 bits per heavy atom. The van der Waals surface area contributed by atoms with Crippen molar-refractivity contribution in [2.75, 3.05) is 0 Å². The monoisotopic (exact) mass is 290 g/mol. The summed E-state index contributed by atoms with van der Waals surface area (Å²) >= 11 is 5.02. The molecule has 0 amide bonds. The fourth-order valence-electron chi connectivity index (χ4n) is 1.25. The number of nitro groups is 2. The maximum absolute atomic E-state index is 10.4. The highest BCUT2D eigenvalue weighted by Gasteiger charge is 2.52. The summed E-state index contributed by atoms with van der Waals surface area (Å²) < 4.78 is 0. The fourth-order valence-corrected chi connectivity index (χ4v) is 1.38. The molecule has 0 radical (unpaired) electrons. The summed E-state index contributed by atoms with van der Waals surface area (Å²) in [5, 5.41) is 20.6. The Balaban J connectivity index is 0.000000399. The normalized spacial score (nSPS) is 15.3. The van der Waals surface area contributed by atoms with Gasteiger partial charge in [-0.3, -0.25) is 25.0 Å². The Labute approximate surface area is 115 Å². The van der Waals surface area contributed by atoms with E-state index in [-0.39, 0.29) is 11.7 Å². The van der Waals surface area contributed by atoms with Crippen molar-refractivity contribution in [3.63, 3.8) is 0 Å². The van der Waals surface area contributed by atoms with Gasteiger partial charge in [0.1, 0.15) is 16.3 Å². The summed E-state index contributed by atoms with van der Waals surface area (Å²) in [6.45, 7) is 2.03. The van der Waals surface area contributed by atoms with E-state index in [4.69, 9.17) is 11.6 Å². The molecule has 1 aliphatic rings. The molecule has 0 N–H and O–H groups in total. The van der Waals surface area contributed by atoms with Crippen molar-refractivity contribution >= 4 is 16.8 Å². The predicted molar refractivity (Wildman–Crippen MR) is 70.0 cm³/mol. The van der Waals surface area contributed by atoms with Gasteiger partial charge in [0.25, 0.3) is 0 Å². The van der Waals surface area contributed by atoms with Gasteiger partial charge in [-0.05, 0) is 18.0 Å². The lowest BCUT2D eigenvalue weighted by Crippen LogP contribution is -2.44. The second kappa shape index (κ2) is 8.36. The quantitative estimate of drug-likeness (QED) is 0.335. The molecule has 0 aromatic rings. The minimum absolute atomic E-state index is 0.191. The van der Waals surface area contributed by atoms with Crippen molar-refractivity contribution in [1.82, 2.24) is 0 Å². The van der Waals surface area contributed by atoms with Crippen LogP contribution in [-0.2, 0) is 4.79 Å². The number of unbranched alkanes of at least 4 members (excludes halogenated alkanes) is 1. The summed E-state index contributed by atoms with van der Waals surface area (Å²) in [6.07, 6.45) is 7.56. The van der Waals surface area contributed by atoms with Crippen molar-refractivity contribution in [3.05, 3.63) is 44.5 Å². The van der Waals surface area contributed by atoms with Crippen LogP contribution in [0.4, 0.5) is 0 Å². The lowest BCUT2D eigenvalue weighted by Gasteiger charge is -2.12. The Hall–Kier alpha value is -1.76. The maximum atomic E-state index is 10.4. The summed E-state index contributed by atoms with van der Waals surface area (Å²) in [7, 11) is 0. The Morgan fingerprint density at radius 2 is 1.89 bits per heavy atom. The van der Waals surface area contributed by atoms with Gasteiger partial charge in [0, 0.05) is 6.42 Å². The zero-order chi connectivity index (χ0) is 14.9. The van der Waals surface area contributed by atoms with Gasteiger partial charge in [0.05, 0.1) is 6.08 Å². The Morgan fingerprint density at radius 1 is 1.32 bits per heavy atom. The van der Waals surface area contributed by atoms with Gasteiger partial charge < -0.3 is 0 Å². The van der Waals surface area contributed by atoms with Crippen LogP contribution in [0.1, 0.15) is 32.6 Å². The third-order valence-electron chi connectivity index (χ3n) is 2.39. The number of allylic oxidation sites excluding steroid dienone is 2. The number of carbonyl (C=O) groups excluding carboxylic acids is 1. The molecule has 0 aliphatic heterocycles. The van der Waals surface area contributed by atoms with Gasteiger partial charge in [-0.15, -0.1) is 0 Å². The summed E-state index contributed by atoms with van der Waals surface area (Å²) in [5.41, 5.74) is -2.14. The van der Waals surface area contributed by atoms with Crippen LogP contribution in [0.3, 0.4) is 0 Å². The average Bonchev–Trinajstić information content (AvgIpc) is 2.37. The number of nitrogens with zero attached hydrogens (tertiary/aromatic N) is 2. The van der Waals surface area contributed by atoms with Gasteiger partial charge in [0.2, 0.25) is 5.24 Å². The van der Waals surface area contributed by atoms with Crippen molar-refractivity contribution in [3.8, 4) is 0 Å². The van der Waals surface area contributed by atoms with Crippen LogP contribution in [0.15, 0.2) is 24.3 Å². The molecule has 1 rings (SSSR count). The molecule has 0 bridgehead atoms. The first kappa shape index (κ1) is 17.2. The second-order valence-corrected chi connectivity index (χ2v) is 4.26. The van der Waals surface area contributed by atoms with E-state index in [0.717, 1.165) is 18.9 Å². The molecular formula is C11H15ClN2O5. The number of halogens is 1. The number of hydrogen-bond donors (Lipinski definition) is 0. The van der Waals surface area contributed by atoms with Crippen molar-refractivity contribution in [2.24, 2.45) is 0 Å². The molecule has 106 valence electrons. The summed E-state index contributed by atoms with van der Waals surface area (Å²) in [6, 6.07) is 0. The van der Waals surface area contributed by atoms with Gasteiger partial charge in [0.15, 0.2) is 0 Å². The zero-order valence-electron chi connectivity index (χ0n) is 10.5. The molecule has 0 atom stereocenters. The van der Waals surface area contributed by atoms with Crippen molar-refractivity contribution < 1.29 is 14.6 Å². The third-order valence-corrected chi connectivity index (χ3v) is 2.58. The van der Waals surface area contributed by atoms with Crippen LogP contribution in [-0.4, -0.2) is 20.8 Å². The molecule has 0 fully saturated rings. The van der Waals surface area contributed by atoms with Gasteiger partial charge in [-0.25, -0.2) is 0 Å². The molecule has 7 nitrogen and oxygen atoms in total. The van der Waals surface area contributed by atoms with Crippen LogP contribution in [0.5, 0.6) is 0 Å². The number of rotatable bonds is 5. The lowest BCUT2D eigenvalue weighted by molar-refractivity contribution is -0.780. The smallest absolute Gasteiger partial charge is 0.281 e. The molecule has 0 heterocycles. The first-order valence-electron chi connectivity index (χ1n) is 5.68. The Bertz CT molecular complexity index is 392. The highest BCUT2D eigenvalue weighted by molar-refractivity contribution is 6.63. The van der Waals surface area contributed by atoms with Gasteiger partial charge in [-0.2, -0.15) is 0 Å². The SMILES string of the molecule is CCCCC(=O)Cl.O=[N+]([O-])C1([N+](=O)[O-])C=CC=CC1. The van der Waals surface area contributed by atoms with E-state index in [1.54, 1.807) is 6.08 Å². The topological polar surface area (TPSA) is 103 Å². The van der Waals surface area contributed by atoms with Gasteiger partial charge in [-0.1, -0.05) is 31.6 Å². The van der Waals surface area contributed by atoms with Crippen LogP contribution in [0.2, 0.25) is 0 Å². The standard InChI is InChI=1S/C6H6N2O4.C5H9ClO/c9-7(10)6(8(11)12)4-2-1-3-5-6;1-2-3-4-5(6)7/h1-4H,5H2;2-4H2,1H3. The van der Waals surface area contributed by atoms with Crippen LogP contribution >= 0.6 is 11.6 Å². The first-order valence-corrected chi connectivity index (χ1v) is 6.06. The maximum Gasteiger partial charge on any atom is 0.481 e. The third kappa shape index (κ3) is 5.60. The Kier molecular flexibility index (Phi) is 7.59. The first-order chi connectivity index (χ1) is 8.86. The predicted octanol–water partition coefficient (Wildman–Crippen LogP) is 2.69. The van der Waals surface area contributed by atoms with Gasteiger partial charge >= 0.3 is 5.66 Å². The van der Waals surface area contributed by atoms with Crippen molar-refractivity contribution in [2.45, 2.75) is 38.3 Å². The average molecular weight is 291 g/mol. The molecule has 0 saturated carbocycles. The molecular weight excluding hydrogens is 276 g/mol. The van der Waals surface area contributed by atoms with E-state index in [9.17, 15) is 25.0 Å². The van der Waals surface area contributed by atoms with Crippen molar-refractivity contribution in [1.29, 1.82) is 0 Å². The molecule has 19 heavy (non-hydrogen) atoms. The van der Waals surface area contributed by atoms with Crippen LogP contribution in [0.25, 0.3) is 0 Å². The number of hydrogen-bond acceptors (Lipinski definition) is 5. The van der Waals surface area contributed by atoms with E-state index in [1.165, 1.54) is 12.2 Å². The van der Waals surface area contributed by atoms with Crippen LogP contribution < -0.4 is 0 Å². The number of carbonyl (C=O) groups is 1. The highest BCUT2D eigenvalue weighted by atomic mass is 35.5. The minimum Gasteiger partial charge on any atom is -0.281 e. The van der Waals surface area contributed by atoms with Crippen LogP contribution in [0, 0.1) is 20.2 Å². The minimum atomic E-state index is -2.14. The molecule has 0 aromatic carbocycles. The molecule has 0 saturated heterocycles. The second-order valence-electron chi connectivity index (χ2n) is 3.84. The van der Waals surface area contributed by atoms with E-state index < -0.39 is 15.5 Å². The fraction of sp³-hybridized carbons (Fsp3) is 0.545. The summed E-state index contributed by atoms with van der Waals surface area (Å²) in [5.74, 6) is 0. The summed E-state index contributed by atoms with van der Waals surface area (Å²) in [4.78, 5) is 29.0. The molecule has 0 spiro atoms. The molecule has 8 heteroatoms. The zero-order valence-corrected chi connectivity index (χ0v) is 11.2. The van der Waals surface area contributed by atoms with E-state index >= 15 is 0 Å².